The maximum absolute atomic E-state index is 12.2. The van der Waals surface area contributed by atoms with Crippen LogP contribution in [0.3, 0.4) is 0 Å². The Bertz CT molecular complexity index is 735. The third-order valence-corrected chi connectivity index (χ3v) is 3.68. The Balaban J connectivity index is 2.02. The van der Waals surface area contributed by atoms with Gasteiger partial charge in [0, 0.05) is 17.6 Å². The van der Waals surface area contributed by atoms with Gasteiger partial charge in [0.1, 0.15) is 11.5 Å². The monoisotopic (exact) mass is 376 g/mol. The van der Waals surface area contributed by atoms with Gasteiger partial charge < -0.3 is 20.1 Å². The summed E-state index contributed by atoms with van der Waals surface area (Å²) in [5, 5.41) is 6.78. The molecule has 2 N–H and O–H groups in total. The first-order chi connectivity index (χ1) is 12.5. The molecule has 6 heteroatoms. The summed E-state index contributed by atoms with van der Waals surface area (Å²) >= 11 is 5.91. The van der Waals surface area contributed by atoms with Gasteiger partial charge >= 0.3 is 0 Å². The summed E-state index contributed by atoms with van der Waals surface area (Å²) in [6.07, 6.45) is 0. The van der Waals surface area contributed by atoms with E-state index in [0.29, 0.717) is 29.0 Å². The molecule has 0 radical (unpaired) electrons. The molecule has 1 amide bonds. The van der Waals surface area contributed by atoms with Crippen molar-refractivity contribution >= 4 is 28.9 Å². The fraction of sp³-hybridized carbons (Fsp3) is 0.350. The number of hydrogen-bond acceptors (Lipinski definition) is 4. The Morgan fingerprint density at radius 1 is 1.08 bits per heavy atom. The summed E-state index contributed by atoms with van der Waals surface area (Å²) in [6.45, 7) is 7.45. The van der Waals surface area contributed by atoms with Crippen molar-refractivity contribution in [3.05, 3.63) is 47.5 Å². The molecule has 0 aliphatic heterocycles. The lowest BCUT2D eigenvalue weighted by Crippen LogP contribution is -2.21. The molecule has 0 aliphatic carbocycles. The third-order valence-electron chi connectivity index (χ3n) is 3.44. The highest BCUT2D eigenvalue weighted by Crippen LogP contribution is 2.27. The van der Waals surface area contributed by atoms with E-state index in [1.165, 1.54) is 0 Å². The Morgan fingerprint density at radius 2 is 1.85 bits per heavy atom. The zero-order chi connectivity index (χ0) is 18.9. The number of rotatable bonds is 9. The Morgan fingerprint density at radius 3 is 2.54 bits per heavy atom. The highest BCUT2D eigenvalue weighted by Gasteiger charge is 2.10. The van der Waals surface area contributed by atoms with Crippen molar-refractivity contribution in [2.24, 2.45) is 5.92 Å². The van der Waals surface area contributed by atoms with Crippen LogP contribution in [0, 0.1) is 5.92 Å². The SMILES string of the molecule is CCOc1ccc(NC(=O)COc2cccc(Cl)c2)c(NCC(C)C)c1. The maximum atomic E-state index is 12.2. The van der Waals surface area contributed by atoms with Crippen molar-refractivity contribution in [3.8, 4) is 11.5 Å². The number of carbonyl (C=O) groups excluding carboxylic acids is 1. The number of halogens is 1. The molecular formula is C20H25ClN2O3. The average molecular weight is 377 g/mol. The summed E-state index contributed by atoms with van der Waals surface area (Å²) in [5.74, 6) is 1.53. The second kappa shape index (κ2) is 9.92. The highest BCUT2D eigenvalue weighted by molar-refractivity contribution is 6.30. The molecule has 0 heterocycles. The van der Waals surface area contributed by atoms with E-state index in [2.05, 4.69) is 24.5 Å². The molecule has 2 rings (SSSR count). The zero-order valence-electron chi connectivity index (χ0n) is 15.3. The number of hydrogen-bond donors (Lipinski definition) is 2. The molecule has 0 saturated carbocycles. The van der Waals surface area contributed by atoms with Gasteiger partial charge in [-0.2, -0.15) is 0 Å². The summed E-state index contributed by atoms with van der Waals surface area (Å²) in [7, 11) is 0. The van der Waals surface area contributed by atoms with E-state index in [-0.39, 0.29) is 12.5 Å². The highest BCUT2D eigenvalue weighted by atomic mass is 35.5. The Hall–Kier alpha value is -2.40. The van der Waals surface area contributed by atoms with Gasteiger partial charge in [-0.05, 0) is 43.2 Å². The minimum Gasteiger partial charge on any atom is -0.494 e. The fourth-order valence-electron chi connectivity index (χ4n) is 2.24. The Labute approximate surface area is 159 Å². The minimum atomic E-state index is -0.248. The molecular weight excluding hydrogens is 352 g/mol. The summed E-state index contributed by atoms with van der Waals surface area (Å²) < 4.78 is 11.0. The standard InChI is InChI=1S/C20H25ClN2O3/c1-4-25-17-8-9-18(19(11-17)22-12-14(2)3)23-20(24)13-26-16-7-5-6-15(21)10-16/h5-11,14,22H,4,12-13H2,1-3H3,(H,23,24). The van der Waals surface area contributed by atoms with Crippen molar-refractivity contribution in [2.75, 3.05) is 30.4 Å². The van der Waals surface area contributed by atoms with Crippen LogP contribution in [-0.4, -0.2) is 25.7 Å². The molecule has 0 spiro atoms. The van der Waals surface area contributed by atoms with Crippen LogP contribution in [0.2, 0.25) is 5.02 Å². The van der Waals surface area contributed by atoms with Crippen LogP contribution in [0.25, 0.3) is 0 Å². The van der Waals surface area contributed by atoms with Crippen molar-refractivity contribution < 1.29 is 14.3 Å². The molecule has 5 nitrogen and oxygen atoms in total. The van der Waals surface area contributed by atoms with Crippen LogP contribution in [0.15, 0.2) is 42.5 Å². The van der Waals surface area contributed by atoms with Gasteiger partial charge in [-0.1, -0.05) is 31.5 Å². The molecule has 26 heavy (non-hydrogen) atoms. The van der Waals surface area contributed by atoms with E-state index in [1.54, 1.807) is 24.3 Å². The van der Waals surface area contributed by atoms with Crippen molar-refractivity contribution in [3.63, 3.8) is 0 Å². The molecule has 0 fully saturated rings. The molecule has 0 aliphatic rings. The van der Waals surface area contributed by atoms with Crippen molar-refractivity contribution in [1.29, 1.82) is 0 Å². The molecule has 0 bridgehead atoms. The lowest BCUT2D eigenvalue weighted by Gasteiger charge is -2.16. The largest absolute Gasteiger partial charge is 0.494 e. The van der Waals surface area contributed by atoms with Crippen LogP contribution >= 0.6 is 11.6 Å². The van der Waals surface area contributed by atoms with Gasteiger partial charge in [-0.25, -0.2) is 0 Å². The van der Waals surface area contributed by atoms with Gasteiger partial charge in [0.25, 0.3) is 5.91 Å². The molecule has 2 aromatic carbocycles. The van der Waals surface area contributed by atoms with Gasteiger partial charge in [0.05, 0.1) is 18.0 Å². The second-order valence-electron chi connectivity index (χ2n) is 6.21. The van der Waals surface area contributed by atoms with E-state index in [4.69, 9.17) is 21.1 Å². The first kappa shape index (κ1) is 19.9. The first-order valence-corrected chi connectivity index (χ1v) is 9.04. The number of nitrogens with one attached hydrogen (secondary N) is 2. The number of amides is 1. The van der Waals surface area contributed by atoms with Gasteiger partial charge in [-0.3, -0.25) is 4.79 Å². The van der Waals surface area contributed by atoms with Crippen LogP contribution in [-0.2, 0) is 4.79 Å². The topological polar surface area (TPSA) is 59.6 Å². The fourth-order valence-corrected chi connectivity index (χ4v) is 2.42. The number of benzene rings is 2. The predicted molar refractivity (Wildman–Crippen MR) is 107 cm³/mol. The smallest absolute Gasteiger partial charge is 0.262 e. The Kier molecular flexibility index (Phi) is 7.60. The van der Waals surface area contributed by atoms with Gasteiger partial charge in [-0.15, -0.1) is 0 Å². The van der Waals surface area contributed by atoms with E-state index < -0.39 is 0 Å². The molecule has 0 saturated heterocycles. The molecule has 2 aromatic rings. The first-order valence-electron chi connectivity index (χ1n) is 8.67. The maximum Gasteiger partial charge on any atom is 0.262 e. The van der Waals surface area contributed by atoms with E-state index in [9.17, 15) is 4.79 Å². The van der Waals surface area contributed by atoms with Crippen molar-refractivity contribution in [1.82, 2.24) is 0 Å². The van der Waals surface area contributed by atoms with Crippen LogP contribution in [0.5, 0.6) is 11.5 Å². The van der Waals surface area contributed by atoms with E-state index in [0.717, 1.165) is 18.0 Å². The molecule has 0 atom stereocenters. The molecule has 0 aromatic heterocycles. The van der Waals surface area contributed by atoms with Gasteiger partial charge in [0.15, 0.2) is 6.61 Å². The van der Waals surface area contributed by atoms with E-state index in [1.807, 2.05) is 25.1 Å². The van der Waals surface area contributed by atoms with Crippen LogP contribution in [0.4, 0.5) is 11.4 Å². The summed E-state index contributed by atoms with van der Waals surface area (Å²) in [6, 6.07) is 12.5. The minimum absolute atomic E-state index is 0.100. The predicted octanol–water partition coefficient (Wildman–Crippen LogP) is 4.82. The summed E-state index contributed by atoms with van der Waals surface area (Å²) in [4.78, 5) is 12.2. The summed E-state index contributed by atoms with van der Waals surface area (Å²) in [5.41, 5.74) is 1.51. The van der Waals surface area contributed by atoms with Crippen LogP contribution < -0.4 is 20.1 Å². The number of anilines is 2. The van der Waals surface area contributed by atoms with Crippen LogP contribution in [0.1, 0.15) is 20.8 Å². The number of carbonyl (C=O) groups is 1. The van der Waals surface area contributed by atoms with Crippen molar-refractivity contribution in [2.45, 2.75) is 20.8 Å². The lowest BCUT2D eigenvalue weighted by molar-refractivity contribution is -0.118. The molecule has 140 valence electrons. The normalized spacial score (nSPS) is 10.5. The zero-order valence-corrected chi connectivity index (χ0v) is 16.1. The lowest BCUT2D eigenvalue weighted by atomic mass is 10.2. The number of ether oxygens (including phenoxy) is 2. The van der Waals surface area contributed by atoms with Gasteiger partial charge in [0.2, 0.25) is 0 Å². The average Bonchev–Trinajstić information content (AvgIpc) is 2.60. The second-order valence-corrected chi connectivity index (χ2v) is 6.65. The third kappa shape index (κ3) is 6.48. The quantitative estimate of drug-likeness (QED) is 0.658. The van der Waals surface area contributed by atoms with E-state index >= 15 is 0 Å². The molecule has 0 unspecified atom stereocenters.